The van der Waals surface area contributed by atoms with Crippen molar-refractivity contribution in [2.75, 3.05) is 14.3 Å². The molecule has 2 nitrogen and oxygen atoms in total. The Hall–Kier alpha value is -1.59. The number of methoxy groups -OCH3 is 1. The van der Waals surface area contributed by atoms with Gasteiger partial charge in [0.1, 0.15) is 0 Å². The first-order chi connectivity index (χ1) is 8.40. The number of carbonyl (C=O) groups excluding carboxylic acids is 1. The van der Waals surface area contributed by atoms with E-state index < -0.39 is 23.3 Å². The predicted octanol–water partition coefficient (Wildman–Crippen LogP) is 3.64. The zero-order valence-electron chi connectivity index (χ0n) is 10.3. The van der Waals surface area contributed by atoms with E-state index in [0.717, 1.165) is 19.2 Å². The van der Waals surface area contributed by atoms with Crippen molar-refractivity contribution in [3.63, 3.8) is 0 Å². The first-order valence-corrected chi connectivity index (χ1v) is 5.06. The van der Waals surface area contributed by atoms with Gasteiger partial charge in [0.05, 0.1) is 25.4 Å². The largest absolute Gasteiger partial charge is 0.465 e. The highest BCUT2D eigenvalue weighted by molar-refractivity contribution is 5.91. The standard InChI is InChI=1S/C11H11F3O2.CH3F/c1-3-7-4-5-8(10(15)16-2)9(6-7)11(12,13)14;1-2/h4-6H,3H2,1-2H3;1H3. The Morgan fingerprint density at radius 2 is 1.83 bits per heavy atom. The van der Waals surface area contributed by atoms with Crippen LogP contribution in [0.25, 0.3) is 0 Å². The number of rotatable bonds is 2. The fourth-order valence-electron chi connectivity index (χ4n) is 1.33. The molecule has 1 aromatic carbocycles. The molecule has 0 radical (unpaired) electrons. The lowest BCUT2D eigenvalue weighted by Crippen LogP contribution is -2.14. The molecule has 0 unspecified atom stereocenters. The number of carbonyl (C=O) groups is 1. The highest BCUT2D eigenvalue weighted by Gasteiger charge is 2.35. The van der Waals surface area contributed by atoms with Crippen LogP contribution in [0.2, 0.25) is 0 Å². The lowest BCUT2D eigenvalue weighted by atomic mass is 10.0. The average Bonchev–Trinajstić information content (AvgIpc) is 2.38. The Morgan fingerprint density at radius 1 is 1.28 bits per heavy atom. The van der Waals surface area contributed by atoms with Crippen molar-refractivity contribution in [2.45, 2.75) is 19.5 Å². The van der Waals surface area contributed by atoms with Crippen LogP contribution in [0.5, 0.6) is 0 Å². The molecule has 0 saturated carbocycles. The van der Waals surface area contributed by atoms with E-state index in [-0.39, 0.29) is 0 Å². The van der Waals surface area contributed by atoms with Gasteiger partial charge in [-0.3, -0.25) is 4.39 Å². The molecule has 0 amide bonds. The third-order valence-electron chi connectivity index (χ3n) is 2.20. The van der Waals surface area contributed by atoms with Crippen molar-refractivity contribution in [3.05, 3.63) is 34.9 Å². The van der Waals surface area contributed by atoms with Gasteiger partial charge in [-0.15, -0.1) is 0 Å². The minimum Gasteiger partial charge on any atom is -0.465 e. The molecule has 0 aliphatic heterocycles. The van der Waals surface area contributed by atoms with Gasteiger partial charge in [0, 0.05) is 0 Å². The van der Waals surface area contributed by atoms with Crippen LogP contribution in [0.1, 0.15) is 28.4 Å². The van der Waals surface area contributed by atoms with E-state index >= 15 is 0 Å². The molecule has 1 rings (SSSR count). The first kappa shape index (κ1) is 16.4. The zero-order chi connectivity index (χ0) is 14.3. The SMILES string of the molecule is CCc1ccc(C(=O)OC)c(C(F)(F)F)c1.CF. The summed E-state index contributed by atoms with van der Waals surface area (Å²) in [6, 6.07) is 3.61. The molecule has 0 spiro atoms. The molecule has 0 bridgehead atoms. The zero-order valence-corrected chi connectivity index (χ0v) is 10.3. The predicted molar refractivity (Wildman–Crippen MR) is 59.2 cm³/mol. The number of ether oxygens (including phenoxy) is 1. The topological polar surface area (TPSA) is 26.3 Å². The second-order valence-corrected chi connectivity index (χ2v) is 3.22. The van der Waals surface area contributed by atoms with Crippen LogP contribution in [0, 0.1) is 0 Å². The normalized spacial score (nSPS) is 10.4. The van der Waals surface area contributed by atoms with E-state index in [4.69, 9.17) is 0 Å². The van der Waals surface area contributed by atoms with Crippen molar-refractivity contribution in [1.82, 2.24) is 0 Å². The van der Waals surface area contributed by atoms with Crippen LogP contribution >= 0.6 is 0 Å². The van der Waals surface area contributed by atoms with Gasteiger partial charge in [0.25, 0.3) is 0 Å². The van der Waals surface area contributed by atoms with Crippen LogP contribution < -0.4 is 0 Å². The monoisotopic (exact) mass is 266 g/mol. The van der Waals surface area contributed by atoms with Gasteiger partial charge >= 0.3 is 12.1 Å². The number of halogens is 4. The number of alkyl halides is 4. The number of esters is 1. The highest BCUT2D eigenvalue weighted by Crippen LogP contribution is 2.33. The summed E-state index contributed by atoms with van der Waals surface area (Å²) in [4.78, 5) is 11.2. The van der Waals surface area contributed by atoms with Crippen molar-refractivity contribution < 1.29 is 27.1 Å². The van der Waals surface area contributed by atoms with Gasteiger partial charge in [0.15, 0.2) is 0 Å². The summed E-state index contributed by atoms with van der Waals surface area (Å²) in [5, 5.41) is 0. The Kier molecular flexibility index (Phi) is 6.36. The summed E-state index contributed by atoms with van der Waals surface area (Å²) < 4.78 is 51.8. The molecule has 0 saturated heterocycles. The third kappa shape index (κ3) is 4.01. The Labute approximate surface area is 103 Å². The molecule has 0 heterocycles. The van der Waals surface area contributed by atoms with E-state index in [0.29, 0.717) is 19.2 Å². The number of benzene rings is 1. The van der Waals surface area contributed by atoms with Gasteiger partial charge in [0.2, 0.25) is 0 Å². The fourth-order valence-corrected chi connectivity index (χ4v) is 1.33. The third-order valence-corrected chi connectivity index (χ3v) is 2.20. The number of aryl methyl sites for hydroxylation is 1. The lowest BCUT2D eigenvalue weighted by molar-refractivity contribution is -0.138. The number of hydrogen-bond acceptors (Lipinski definition) is 2. The fraction of sp³-hybridized carbons (Fsp3) is 0.417. The van der Waals surface area contributed by atoms with Gasteiger partial charge in [-0.2, -0.15) is 13.2 Å². The summed E-state index contributed by atoms with van der Waals surface area (Å²) in [6.45, 7) is 1.74. The molecular formula is C12H14F4O2. The Balaban J connectivity index is 0.00000137. The summed E-state index contributed by atoms with van der Waals surface area (Å²) in [5.74, 6) is -0.977. The van der Waals surface area contributed by atoms with Crippen LogP contribution in [0.15, 0.2) is 18.2 Å². The Bertz CT molecular complexity index is 400. The van der Waals surface area contributed by atoms with E-state index in [2.05, 4.69) is 4.74 Å². The molecule has 0 aliphatic rings. The Morgan fingerprint density at radius 3 is 2.22 bits per heavy atom. The maximum Gasteiger partial charge on any atom is 0.417 e. The second kappa shape index (κ2) is 6.98. The van der Waals surface area contributed by atoms with Crippen molar-refractivity contribution in [2.24, 2.45) is 0 Å². The van der Waals surface area contributed by atoms with Crippen LogP contribution in [0.4, 0.5) is 17.6 Å². The smallest absolute Gasteiger partial charge is 0.417 e. The van der Waals surface area contributed by atoms with Gasteiger partial charge in [-0.1, -0.05) is 13.0 Å². The highest BCUT2D eigenvalue weighted by atomic mass is 19.4. The maximum absolute atomic E-state index is 12.7. The molecule has 18 heavy (non-hydrogen) atoms. The van der Waals surface area contributed by atoms with E-state index in [1.54, 1.807) is 6.92 Å². The molecule has 102 valence electrons. The van der Waals surface area contributed by atoms with E-state index in [1.807, 2.05) is 0 Å². The summed E-state index contributed by atoms with van der Waals surface area (Å²) in [6.07, 6.45) is -4.07. The summed E-state index contributed by atoms with van der Waals surface area (Å²) >= 11 is 0. The van der Waals surface area contributed by atoms with Gasteiger partial charge in [-0.05, 0) is 24.1 Å². The lowest BCUT2D eigenvalue weighted by Gasteiger charge is -2.12. The molecule has 1 aromatic rings. The van der Waals surface area contributed by atoms with E-state index in [9.17, 15) is 22.4 Å². The van der Waals surface area contributed by atoms with E-state index in [1.165, 1.54) is 6.07 Å². The summed E-state index contributed by atoms with van der Waals surface area (Å²) in [7, 11) is 1.55. The first-order valence-electron chi connectivity index (χ1n) is 5.06. The molecular weight excluding hydrogens is 252 g/mol. The van der Waals surface area contributed by atoms with Crippen LogP contribution in [-0.4, -0.2) is 20.3 Å². The quantitative estimate of drug-likeness (QED) is 0.603. The molecule has 6 heteroatoms. The molecule has 0 aromatic heterocycles. The van der Waals surface area contributed by atoms with Crippen LogP contribution in [-0.2, 0) is 17.3 Å². The van der Waals surface area contributed by atoms with Crippen molar-refractivity contribution in [3.8, 4) is 0 Å². The van der Waals surface area contributed by atoms with Gasteiger partial charge in [-0.25, -0.2) is 4.79 Å². The maximum atomic E-state index is 12.7. The molecule has 0 aliphatic carbocycles. The van der Waals surface area contributed by atoms with Gasteiger partial charge < -0.3 is 4.74 Å². The van der Waals surface area contributed by atoms with Crippen molar-refractivity contribution in [1.29, 1.82) is 0 Å². The second-order valence-electron chi connectivity index (χ2n) is 3.22. The molecule has 0 atom stereocenters. The minimum atomic E-state index is -4.55. The van der Waals surface area contributed by atoms with Crippen molar-refractivity contribution >= 4 is 5.97 Å². The number of hydrogen-bond donors (Lipinski definition) is 0. The minimum absolute atomic E-state index is 0.452. The molecule has 0 N–H and O–H groups in total. The summed E-state index contributed by atoms with van der Waals surface area (Å²) in [5.41, 5.74) is -0.870. The molecule has 0 fully saturated rings. The van der Waals surface area contributed by atoms with Crippen LogP contribution in [0.3, 0.4) is 0 Å². The average molecular weight is 266 g/mol.